The zero-order chi connectivity index (χ0) is 13.8. The summed E-state index contributed by atoms with van der Waals surface area (Å²) >= 11 is 12.2. The largest absolute Gasteiger partial charge is 0.392 e. The lowest BCUT2D eigenvalue weighted by Gasteiger charge is -2.13. The minimum absolute atomic E-state index is 0.465. The highest BCUT2D eigenvalue weighted by Crippen LogP contribution is 2.26. The van der Waals surface area contributed by atoms with E-state index in [9.17, 15) is 5.11 Å². The van der Waals surface area contributed by atoms with Crippen molar-refractivity contribution in [3.05, 3.63) is 69.2 Å². The lowest BCUT2D eigenvalue weighted by Crippen LogP contribution is -2.14. The minimum Gasteiger partial charge on any atom is -0.392 e. The Bertz CT molecular complexity index is 529. The van der Waals surface area contributed by atoms with Crippen molar-refractivity contribution in [3.63, 3.8) is 0 Å². The topological polar surface area (TPSA) is 20.2 Å². The van der Waals surface area contributed by atoms with E-state index in [1.807, 2.05) is 31.2 Å². The maximum Gasteiger partial charge on any atom is 0.0621 e. The molecule has 3 heteroatoms. The number of halogens is 2. The second-order valence-electron chi connectivity index (χ2n) is 4.75. The Morgan fingerprint density at radius 1 is 0.947 bits per heavy atom. The molecule has 2 aromatic carbocycles. The fourth-order valence-electron chi connectivity index (χ4n) is 2.03. The molecule has 0 aliphatic heterocycles. The summed E-state index contributed by atoms with van der Waals surface area (Å²) in [5.74, 6) is 0. The Hall–Kier alpha value is -1.02. The van der Waals surface area contributed by atoms with Crippen LogP contribution >= 0.6 is 23.2 Å². The van der Waals surface area contributed by atoms with Crippen LogP contribution in [0.4, 0.5) is 0 Å². The van der Waals surface area contributed by atoms with Crippen molar-refractivity contribution in [2.45, 2.75) is 25.9 Å². The Morgan fingerprint density at radius 2 is 1.53 bits per heavy atom. The van der Waals surface area contributed by atoms with Crippen molar-refractivity contribution in [2.75, 3.05) is 0 Å². The van der Waals surface area contributed by atoms with Crippen LogP contribution in [0.3, 0.4) is 0 Å². The number of hydrogen-bond acceptors (Lipinski definition) is 1. The Morgan fingerprint density at radius 3 is 2.11 bits per heavy atom. The van der Waals surface area contributed by atoms with E-state index in [2.05, 4.69) is 0 Å². The molecule has 0 spiro atoms. The molecule has 0 aliphatic rings. The molecule has 1 nitrogen and oxygen atoms in total. The second kappa shape index (κ2) is 6.42. The highest BCUT2D eigenvalue weighted by Gasteiger charge is 2.12. The lowest BCUT2D eigenvalue weighted by atomic mass is 10.0. The summed E-state index contributed by atoms with van der Waals surface area (Å²) in [4.78, 5) is 0. The quantitative estimate of drug-likeness (QED) is 0.883. The molecule has 0 amide bonds. The van der Waals surface area contributed by atoms with Gasteiger partial charge in [-0.3, -0.25) is 0 Å². The van der Waals surface area contributed by atoms with Gasteiger partial charge in [0.25, 0.3) is 0 Å². The van der Waals surface area contributed by atoms with Crippen LogP contribution in [0.2, 0.25) is 10.0 Å². The highest BCUT2D eigenvalue weighted by atomic mass is 35.5. The Kier molecular flexibility index (Phi) is 4.87. The molecule has 0 saturated carbocycles. The molecule has 1 unspecified atom stereocenters. The van der Waals surface area contributed by atoms with Gasteiger partial charge in [0.15, 0.2) is 0 Å². The van der Waals surface area contributed by atoms with Gasteiger partial charge in [-0.2, -0.15) is 0 Å². The highest BCUT2D eigenvalue weighted by molar-refractivity contribution is 6.35. The van der Waals surface area contributed by atoms with E-state index in [1.54, 1.807) is 18.2 Å². The van der Waals surface area contributed by atoms with Crippen LogP contribution in [0.1, 0.15) is 16.7 Å². The third-order valence-electron chi connectivity index (χ3n) is 3.09. The summed E-state index contributed by atoms with van der Waals surface area (Å²) in [5.41, 5.74) is 3.14. The molecule has 0 aliphatic carbocycles. The maximum absolute atomic E-state index is 10.2. The van der Waals surface area contributed by atoms with E-state index < -0.39 is 6.10 Å². The minimum atomic E-state index is -0.486. The summed E-state index contributed by atoms with van der Waals surface area (Å²) in [6, 6.07) is 13.6. The van der Waals surface area contributed by atoms with Crippen LogP contribution < -0.4 is 0 Å². The third kappa shape index (κ3) is 3.97. The van der Waals surface area contributed by atoms with Gasteiger partial charge in [-0.25, -0.2) is 0 Å². The molecule has 0 fully saturated rings. The van der Waals surface area contributed by atoms with Crippen LogP contribution in [0, 0.1) is 6.92 Å². The van der Waals surface area contributed by atoms with E-state index >= 15 is 0 Å². The Labute approximate surface area is 123 Å². The molecule has 0 heterocycles. The summed E-state index contributed by atoms with van der Waals surface area (Å²) in [7, 11) is 0. The number of benzene rings is 2. The zero-order valence-corrected chi connectivity index (χ0v) is 12.2. The van der Waals surface area contributed by atoms with Crippen LogP contribution in [0.15, 0.2) is 42.5 Å². The fraction of sp³-hybridized carbons (Fsp3) is 0.250. The van der Waals surface area contributed by atoms with Gasteiger partial charge in [-0.15, -0.1) is 0 Å². The first-order valence-corrected chi connectivity index (χ1v) is 6.98. The normalized spacial score (nSPS) is 12.4. The Balaban J connectivity index is 2.05. The summed E-state index contributed by atoms with van der Waals surface area (Å²) in [6.07, 6.45) is 0.578. The van der Waals surface area contributed by atoms with E-state index in [1.165, 1.54) is 5.56 Å². The number of aryl methyl sites for hydroxylation is 1. The average molecular weight is 295 g/mol. The average Bonchev–Trinajstić information content (AvgIpc) is 2.37. The number of rotatable bonds is 4. The van der Waals surface area contributed by atoms with Gasteiger partial charge >= 0.3 is 0 Å². The van der Waals surface area contributed by atoms with Gasteiger partial charge in [0.2, 0.25) is 0 Å². The maximum atomic E-state index is 10.2. The predicted molar refractivity (Wildman–Crippen MR) is 81.1 cm³/mol. The van der Waals surface area contributed by atoms with Crippen LogP contribution in [0.5, 0.6) is 0 Å². The van der Waals surface area contributed by atoms with E-state index in [0.29, 0.717) is 22.9 Å². The smallest absolute Gasteiger partial charge is 0.0621 e. The predicted octanol–water partition coefficient (Wildman–Crippen LogP) is 4.45. The summed E-state index contributed by atoms with van der Waals surface area (Å²) < 4.78 is 0. The first-order chi connectivity index (χ1) is 9.06. The van der Waals surface area contributed by atoms with E-state index in [0.717, 1.165) is 11.1 Å². The molecule has 19 heavy (non-hydrogen) atoms. The SMILES string of the molecule is Cc1ccc(CC(O)Cc2c(Cl)cccc2Cl)cc1. The molecule has 0 radical (unpaired) electrons. The van der Waals surface area contributed by atoms with Crippen LogP contribution in [-0.4, -0.2) is 11.2 Å². The molecular formula is C16H16Cl2O. The molecular weight excluding hydrogens is 279 g/mol. The van der Waals surface area contributed by atoms with Crippen molar-refractivity contribution in [3.8, 4) is 0 Å². The standard InChI is InChI=1S/C16H16Cl2O/c1-11-5-7-12(8-6-11)9-13(19)10-14-15(17)3-2-4-16(14)18/h2-8,13,19H,9-10H2,1H3. The molecule has 2 rings (SSSR count). The first kappa shape index (κ1) is 14.4. The molecule has 2 aromatic rings. The number of aliphatic hydroxyl groups is 1. The van der Waals surface area contributed by atoms with Gasteiger partial charge in [-0.05, 0) is 36.6 Å². The van der Waals surface area contributed by atoms with E-state index in [4.69, 9.17) is 23.2 Å². The van der Waals surface area contributed by atoms with Gasteiger partial charge in [0, 0.05) is 16.5 Å². The molecule has 0 saturated heterocycles. The second-order valence-corrected chi connectivity index (χ2v) is 5.56. The van der Waals surface area contributed by atoms with Crippen molar-refractivity contribution < 1.29 is 5.11 Å². The van der Waals surface area contributed by atoms with Crippen molar-refractivity contribution in [1.29, 1.82) is 0 Å². The summed E-state index contributed by atoms with van der Waals surface area (Å²) in [6.45, 7) is 2.05. The van der Waals surface area contributed by atoms with Crippen molar-refractivity contribution >= 4 is 23.2 Å². The third-order valence-corrected chi connectivity index (χ3v) is 3.80. The van der Waals surface area contributed by atoms with Gasteiger partial charge in [0.05, 0.1) is 6.10 Å². The molecule has 0 bridgehead atoms. The number of hydrogen-bond donors (Lipinski definition) is 1. The van der Waals surface area contributed by atoms with Gasteiger partial charge < -0.3 is 5.11 Å². The van der Waals surface area contributed by atoms with Crippen molar-refractivity contribution in [1.82, 2.24) is 0 Å². The van der Waals surface area contributed by atoms with Gasteiger partial charge in [0.1, 0.15) is 0 Å². The van der Waals surface area contributed by atoms with Crippen molar-refractivity contribution in [2.24, 2.45) is 0 Å². The monoisotopic (exact) mass is 294 g/mol. The lowest BCUT2D eigenvalue weighted by molar-refractivity contribution is 0.175. The molecule has 100 valence electrons. The van der Waals surface area contributed by atoms with Crippen LogP contribution in [-0.2, 0) is 12.8 Å². The summed E-state index contributed by atoms with van der Waals surface area (Å²) in [5, 5.41) is 11.4. The van der Waals surface area contributed by atoms with Crippen LogP contribution in [0.25, 0.3) is 0 Å². The van der Waals surface area contributed by atoms with Gasteiger partial charge in [-0.1, -0.05) is 59.1 Å². The molecule has 1 atom stereocenters. The number of aliphatic hydroxyl groups excluding tert-OH is 1. The van der Waals surface area contributed by atoms with E-state index in [-0.39, 0.29) is 0 Å². The molecule has 0 aromatic heterocycles. The zero-order valence-electron chi connectivity index (χ0n) is 10.7. The first-order valence-electron chi connectivity index (χ1n) is 6.23. The fourth-order valence-corrected chi connectivity index (χ4v) is 2.58. The molecule has 1 N–H and O–H groups in total.